The minimum atomic E-state index is -0.0312. The number of carbonyl (C=O) groups excluding carboxylic acids is 2. The largest absolute Gasteiger partial charge is 0.423 e. The molecule has 1 aliphatic heterocycles. The number of hydrogen-bond acceptors (Lipinski definition) is 5. The Bertz CT molecular complexity index is 1000. The van der Waals surface area contributed by atoms with Crippen molar-refractivity contribution in [3.63, 3.8) is 0 Å². The van der Waals surface area contributed by atoms with Gasteiger partial charge in [-0.15, -0.1) is 0 Å². The van der Waals surface area contributed by atoms with Crippen molar-refractivity contribution < 1.29 is 14.0 Å². The van der Waals surface area contributed by atoms with Crippen LogP contribution in [-0.2, 0) is 11.3 Å². The van der Waals surface area contributed by atoms with Crippen molar-refractivity contribution in [3.05, 3.63) is 59.7 Å². The van der Waals surface area contributed by atoms with E-state index in [2.05, 4.69) is 15.2 Å². The van der Waals surface area contributed by atoms with E-state index < -0.39 is 0 Å². The zero-order valence-corrected chi connectivity index (χ0v) is 17.3. The lowest BCUT2D eigenvalue weighted by atomic mass is 9.96. The summed E-state index contributed by atoms with van der Waals surface area (Å²) in [5, 5.41) is 3.02. The van der Waals surface area contributed by atoms with Gasteiger partial charge in [0.05, 0.1) is 0 Å². The molecule has 0 saturated carbocycles. The molecule has 1 saturated heterocycles. The van der Waals surface area contributed by atoms with Crippen molar-refractivity contribution in [1.29, 1.82) is 0 Å². The third-order valence-corrected chi connectivity index (χ3v) is 5.49. The fraction of sp³-hybridized carbons (Fsp3) is 0.348. The molecule has 156 valence electrons. The van der Waals surface area contributed by atoms with Crippen molar-refractivity contribution in [3.8, 4) is 0 Å². The number of para-hydroxylation sites is 2. The Morgan fingerprint density at radius 1 is 1.10 bits per heavy atom. The first-order valence-corrected chi connectivity index (χ1v) is 10.2. The van der Waals surface area contributed by atoms with Crippen molar-refractivity contribution in [2.45, 2.75) is 19.4 Å². The quantitative estimate of drug-likeness (QED) is 0.705. The van der Waals surface area contributed by atoms with Crippen LogP contribution in [0.2, 0.25) is 0 Å². The molecule has 2 heterocycles. The molecule has 2 amide bonds. The third-order valence-electron chi connectivity index (χ3n) is 5.49. The number of anilines is 1. The van der Waals surface area contributed by atoms with E-state index in [1.165, 1.54) is 0 Å². The fourth-order valence-electron chi connectivity index (χ4n) is 3.69. The molecule has 30 heavy (non-hydrogen) atoms. The monoisotopic (exact) mass is 406 g/mol. The number of rotatable bonds is 5. The molecule has 1 aliphatic rings. The molecule has 0 unspecified atom stereocenters. The number of amides is 2. The molecular formula is C23H26N4O3. The Morgan fingerprint density at radius 2 is 1.80 bits per heavy atom. The van der Waals surface area contributed by atoms with Crippen LogP contribution >= 0.6 is 0 Å². The number of fused-ring (bicyclic) bond motifs is 1. The van der Waals surface area contributed by atoms with Crippen LogP contribution < -0.4 is 10.2 Å². The Hall–Kier alpha value is -3.35. The van der Waals surface area contributed by atoms with Crippen LogP contribution in [0.5, 0.6) is 0 Å². The molecule has 1 aromatic heterocycles. The zero-order valence-electron chi connectivity index (χ0n) is 17.3. The van der Waals surface area contributed by atoms with Gasteiger partial charge in [-0.2, -0.15) is 4.98 Å². The van der Waals surface area contributed by atoms with Gasteiger partial charge in [-0.1, -0.05) is 24.3 Å². The smallest absolute Gasteiger partial charge is 0.298 e. The number of hydrogen-bond donors (Lipinski definition) is 1. The van der Waals surface area contributed by atoms with E-state index in [1.807, 2.05) is 36.4 Å². The molecule has 1 N–H and O–H groups in total. The molecule has 2 aromatic carbocycles. The highest BCUT2D eigenvalue weighted by Crippen LogP contribution is 2.26. The first kappa shape index (κ1) is 19.9. The summed E-state index contributed by atoms with van der Waals surface area (Å²) in [6, 6.07) is 15.7. The van der Waals surface area contributed by atoms with Gasteiger partial charge < -0.3 is 19.5 Å². The molecule has 0 aliphatic carbocycles. The number of carbonyl (C=O) groups is 2. The van der Waals surface area contributed by atoms with E-state index in [0.29, 0.717) is 18.1 Å². The second kappa shape index (κ2) is 8.57. The van der Waals surface area contributed by atoms with Crippen molar-refractivity contribution in [1.82, 2.24) is 15.2 Å². The van der Waals surface area contributed by atoms with Crippen LogP contribution in [0.1, 0.15) is 28.8 Å². The molecule has 7 heteroatoms. The molecule has 4 rings (SSSR count). The molecule has 0 bridgehead atoms. The lowest BCUT2D eigenvalue weighted by Crippen LogP contribution is -2.40. The summed E-state index contributed by atoms with van der Waals surface area (Å²) >= 11 is 0. The summed E-state index contributed by atoms with van der Waals surface area (Å²) in [4.78, 5) is 32.7. The maximum Gasteiger partial charge on any atom is 0.298 e. The average molecular weight is 406 g/mol. The van der Waals surface area contributed by atoms with E-state index in [-0.39, 0.29) is 17.7 Å². The number of aromatic nitrogens is 1. The molecule has 7 nitrogen and oxygen atoms in total. The molecule has 3 aromatic rings. The summed E-state index contributed by atoms with van der Waals surface area (Å²) in [5.74, 6) is 0.0252. The molecule has 1 fully saturated rings. The standard InChI is InChI=1S/C23H26N4O3/c1-26(2)22(29)18-9-7-16(8-10-18)15-24-21(28)17-11-13-27(14-12-17)23-25-19-5-3-4-6-20(19)30-23/h3-10,17H,11-15H2,1-2H3,(H,24,28). The van der Waals surface area contributed by atoms with Crippen molar-refractivity contribution >= 4 is 28.9 Å². The fourth-order valence-corrected chi connectivity index (χ4v) is 3.69. The summed E-state index contributed by atoms with van der Waals surface area (Å²) in [7, 11) is 3.46. The first-order chi connectivity index (χ1) is 14.5. The lowest BCUT2D eigenvalue weighted by molar-refractivity contribution is -0.125. The van der Waals surface area contributed by atoms with Gasteiger partial charge in [-0.05, 0) is 42.7 Å². The Morgan fingerprint density at radius 3 is 2.47 bits per heavy atom. The van der Waals surface area contributed by atoms with Crippen LogP contribution in [-0.4, -0.2) is 48.9 Å². The van der Waals surface area contributed by atoms with Gasteiger partial charge in [0.1, 0.15) is 5.52 Å². The van der Waals surface area contributed by atoms with Gasteiger partial charge in [0, 0.05) is 45.2 Å². The third kappa shape index (κ3) is 4.30. The number of nitrogens with one attached hydrogen (secondary N) is 1. The van der Waals surface area contributed by atoms with Gasteiger partial charge in [0.25, 0.3) is 11.9 Å². The van der Waals surface area contributed by atoms with E-state index in [1.54, 1.807) is 31.1 Å². The summed E-state index contributed by atoms with van der Waals surface area (Å²) in [5.41, 5.74) is 3.25. The maximum atomic E-state index is 12.6. The van der Waals surface area contributed by atoms with E-state index in [9.17, 15) is 9.59 Å². The minimum Gasteiger partial charge on any atom is -0.423 e. The molecule has 0 atom stereocenters. The summed E-state index contributed by atoms with van der Waals surface area (Å²) in [6.07, 6.45) is 1.53. The highest BCUT2D eigenvalue weighted by atomic mass is 16.4. The van der Waals surface area contributed by atoms with Crippen molar-refractivity contribution in [2.24, 2.45) is 5.92 Å². The number of nitrogens with zero attached hydrogens (tertiary/aromatic N) is 3. The Labute approximate surface area is 175 Å². The lowest BCUT2D eigenvalue weighted by Gasteiger charge is -2.30. The summed E-state index contributed by atoms with van der Waals surface area (Å²) in [6.45, 7) is 1.94. The van der Waals surface area contributed by atoms with Crippen LogP contribution in [0.15, 0.2) is 52.9 Å². The SMILES string of the molecule is CN(C)C(=O)c1ccc(CNC(=O)C2CCN(c3nc4ccccc4o3)CC2)cc1. The predicted octanol–water partition coefficient (Wildman–Crippen LogP) is 3.06. The highest BCUT2D eigenvalue weighted by Gasteiger charge is 2.27. The van der Waals surface area contributed by atoms with Crippen LogP contribution in [0.4, 0.5) is 6.01 Å². The number of benzene rings is 2. The number of oxazole rings is 1. The molecule has 0 radical (unpaired) electrons. The van der Waals surface area contributed by atoms with E-state index >= 15 is 0 Å². The Kier molecular flexibility index (Phi) is 5.70. The van der Waals surface area contributed by atoms with E-state index in [4.69, 9.17) is 4.42 Å². The second-order valence-corrected chi connectivity index (χ2v) is 7.84. The van der Waals surface area contributed by atoms with Gasteiger partial charge >= 0.3 is 0 Å². The van der Waals surface area contributed by atoms with Gasteiger partial charge in [0.2, 0.25) is 5.91 Å². The maximum absolute atomic E-state index is 12.6. The molecular weight excluding hydrogens is 380 g/mol. The topological polar surface area (TPSA) is 78.7 Å². The zero-order chi connectivity index (χ0) is 21.1. The first-order valence-electron chi connectivity index (χ1n) is 10.2. The minimum absolute atomic E-state index is 0.0137. The number of piperidine rings is 1. The van der Waals surface area contributed by atoms with Crippen LogP contribution in [0.25, 0.3) is 11.1 Å². The van der Waals surface area contributed by atoms with Gasteiger partial charge in [-0.3, -0.25) is 9.59 Å². The van der Waals surface area contributed by atoms with Gasteiger partial charge in [0.15, 0.2) is 5.58 Å². The average Bonchev–Trinajstić information content (AvgIpc) is 3.21. The second-order valence-electron chi connectivity index (χ2n) is 7.84. The highest BCUT2D eigenvalue weighted by molar-refractivity contribution is 5.93. The van der Waals surface area contributed by atoms with Gasteiger partial charge in [-0.25, -0.2) is 0 Å². The van der Waals surface area contributed by atoms with Crippen molar-refractivity contribution in [2.75, 3.05) is 32.1 Å². The summed E-state index contributed by atoms with van der Waals surface area (Å²) < 4.78 is 5.84. The normalized spacial score (nSPS) is 14.7. The van der Waals surface area contributed by atoms with Crippen LogP contribution in [0.3, 0.4) is 0 Å². The Balaban J connectivity index is 1.27. The predicted molar refractivity (Wildman–Crippen MR) is 115 cm³/mol. The molecule has 0 spiro atoms. The van der Waals surface area contributed by atoms with Crippen LogP contribution in [0, 0.1) is 5.92 Å². The van der Waals surface area contributed by atoms with E-state index in [0.717, 1.165) is 42.6 Å².